The zero-order chi connectivity index (χ0) is 25.4. The van der Waals surface area contributed by atoms with Crippen molar-refractivity contribution in [3.63, 3.8) is 0 Å². The molecule has 1 unspecified atom stereocenters. The number of rotatable bonds is 7. The van der Waals surface area contributed by atoms with Crippen LogP contribution in [0.25, 0.3) is 11.0 Å². The molecule has 1 aliphatic heterocycles. The van der Waals surface area contributed by atoms with Crippen molar-refractivity contribution in [3.05, 3.63) is 117 Å². The Hall–Kier alpha value is -4.03. The molecule has 0 saturated carbocycles. The van der Waals surface area contributed by atoms with E-state index in [1.807, 2.05) is 43.3 Å². The molecule has 4 aromatic rings. The number of benzene rings is 3. The summed E-state index contributed by atoms with van der Waals surface area (Å²) in [6.45, 7) is 6.11. The first-order valence-corrected chi connectivity index (χ1v) is 11.8. The molecule has 1 aromatic heterocycles. The molecule has 0 spiro atoms. The van der Waals surface area contributed by atoms with E-state index >= 15 is 0 Å². The Bertz CT molecular complexity index is 1540. The van der Waals surface area contributed by atoms with E-state index < -0.39 is 6.04 Å². The van der Waals surface area contributed by atoms with Gasteiger partial charge >= 0.3 is 0 Å². The maximum atomic E-state index is 13.8. The number of fused-ring (bicyclic) bond motifs is 2. The van der Waals surface area contributed by atoms with Crippen molar-refractivity contribution < 1.29 is 18.7 Å². The molecule has 0 N–H and O–H groups in total. The van der Waals surface area contributed by atoms with Crippen LogP contribution in [0.15, 0.2) is 82.5 Å². The highest BCUT2D eigenvalue weighted by Crippen LogP contribution is 2.42. The van der Waals surface area contributed by atoms with E-state index in [9.17, 15) is 9.59 Å². The zero-order valence-corrected chi connectivity index (χ0v) is 20.7. The molecule has 6 nitrogen and oxygen atoms in total. The fourth-order valence-corrected chi connectivity index (χ4v) is 4.72. The maximum absolute atomic E-state index is 13.8. The highest BCUT2D eigenvalue weighted by atomic mass is 35.5. The summed E-state index contributed by atoms with van der Waals surface area (Å²) < 4.78 is 17.3. The van der Waals surface area contributed by atoms with E-state index in [4.69, 9.17) is 25.5 Å². The summed E-state index contributed by atoms with van der Waals surface area (Å²) in [7, 11) is 1.54. The number of ether oxygens (including phenoxy) is 2. The molecule has 0 aliphatic carbocycles. The number of aryl methyl sites for hydroxylation is 1. The first kappa shape index (κ1) is 23.7. The van der Waals surface area contributed by atoms with Gasteiger partial charge in [0.15, 0.2) is 16.9 Å². The van der Waals surface area contributed by atoms with Crippen LogP contribution >= 0.6 is 11.6 Å². The number of halogens is 1. The fourth-order valence-electron chi connectivity index (χ4n) is 4.55. The maximum Gasteiger partial charge on any atom is 0.291 e. The minimum absolute atomic E-state index is 0.0427. The van der Waals surface area contributed by atoms with Crippen molar-refractivity contribution in [2.24, 2.45) is 0 Å². The van der Waals surface area contributed by atoms with E-state index in [-0.39, 0.29) is 22.7 Å². The summed E-state index contributed by atoms with van der Waals surface area (Å²) in [5.74, 6) is 0.712. The molecule has 3 aromatic carbocycles. The minimum Gasteiger partial charge on any atom is -0.493 e. The monoisotopic (exact) mass is 501 g/mol. The Kier molecular flexibility index (Phi) is 6.29. The summed E-state index contributed by atoms with van der Waals surface area (Å²) >= 11 is 6.33. The quantitative estimate of drug-likeness (QED) is 0.287. The molecule has 5 rings (SSSR count). The predicted octanol–water partition coefficient (Wildman–Crippen LogP) is 6.07. The topological polar surface area (TPSA) is 69.0 Å². The average molecular weight is 502 g/mol. The van der Waals surface area contributed by atoms with Crippen molar-refractivity contribution in [2.75, 3.05) is 13.7 Å². The number of nitrogens with zero attached hydrogens (tertiary/aromatic N) is 1. The Labute approximate surface area is 213 Å². The van der Waals surface area contributed by atoms with Gasteiger partial charge in [-0.25, -0.2) is 0 Å². The van der Waals surface area contributed by atoms with E-state index in [0.29, 0.717) is 46.2 Å². The largest absolute Gasteiger partial charge is 0.493 e. The smallest absolute Gasteiger partial charge is 0.291 e. The van der Waals surface area contributed by atoms with Crippen LogP contribution in [0.4, 0.5) is 0 Å². The van der Waals surface area contributed by atoms with E-state index in [1.165, 1.54) is 0 Å². The number of hydrogen-bond donors (Lipinski definition) is 0. The summed E-state index contributed by atoms with van der Waals surface area (Å²) in [5.41, 5.74) is 2.72. The van der Waals surface area contributed by atoms with Gasteiger partial charge in [0.2, 0.25) is 5.76 Å². The molecule has 7 heteroatoms. The summed E-state index contributed by atoms with van der Waals surface area (Å²) in [6, 6.07) is 17.6. The second-order valence-electron chi connectivity index (χ2n) is 8.60. The molecule has 0 radical (unpaired) electrons. The molecule has 0 fully saturated rings. The second kappa shape index (κ2) is 9.55. The van der Waals surface area contributed by atoms with Gasteiger partial charge in [-0.3, -0.25) is 9.59 Å². The van der Waals surface area contributed by atoms with E-state index in [1.54, 1.807) is 42.4 Å². The number of methoxy groups -OCH3 is 1. The molecular weight excluding hydrogens is 478 g/mol. The first-order valence-electron chi connectivity index (χ1n) is 11.5. The lowest BCUT2D eigenvalue weighted by Gasteiger charge is -2.26. The minimum atomic E-state index is -0.684. The van der Waals surface area contributed by atoms with Crippen molar-refractivity contribution >= 4 is 28.5 Å². The predicted molar refractivity (Wildman–Crippen MR) is 139 cm³/mol. The summed E-state index contributed by atoms with van der Waals surface area (Å²) in [4.78, 5) is 29.2. The van der Waals surface area contributed by atoms with Crippen LogP contribution in [0, 0.1) is 6.92 Å². The van der Waals surface area contributed by atoms with E-state index in [2.05, 4.69) is 6.58 Å². The number of carbonyl (C=O) groups is 1. The molecule has 1 atom stereocenters. The van der Waals surface area contributed by atoms with Crippen LogP contribution in [-0.4, -0.2) is 24.5 Å². The van der Waals surface area contributed by atoms with E-state index in [0.717, 1.165) is 11.1 Å². The number of carbonyl (C=O) groups excluding carboxylic acids is 1. The Morgan fingerprint density at radius 1 is 1.08 bits per heavy atom. The van der Waals surface area contributed by atoms with Gasteiger partial charge in [0.05, 0.1) is 24.1 Å². The van der Waals surface area contributed by atoms with Gasteiger partial charge in [-0.2, -0.15) is 0 Å². The Morgan fingerprint density at radius 3 is 2.58 bits per heavy atom. The lowest BCUT2D eigenvalue weighted by atomic mass is 9.97. The van der Waals surface area contributed by atoms with Gasteiger partial charge in [0.1, 0.15) is 12.2 Å². The Morgan fingerprint density at radius 2 is 1.86 bits per heavy atom. The molecule has 1 aliphatic rings. The molecule has 1 amide bonds. The van der Waals surface area contributed by atoms with Gasteiger partial charge in [-0.15, -0.1) is 0 Å². The SMILES string of the molecule is C=CCOc1ccc(C2c3c(oc4cc(C)c(Cl)cc4c3=O)C(=O)N2Cc2ccccc2)cc1OC. The fraction of sp³-hybridized carbons (Fsp3) is 0.172. The lowest BCUT2D eigenvalue weighted by Crippen LogP contribution is -2.29. The van der Waals surface area contributed by atoms with Crippen LogP contribution in [0.5, 0.6) is 11.5 Å². The standard InChI is InChI=1S/C29H24ClNO5/c1-4-12-35-22-11-10-19(14-24(22)34-3)26-25-27(32)20-15-21(30)17(2)13-23(20)36-28(25)29(33)31(26)16-18-8-6-5-7-9-18/h4-11,13-15,26H,1,12,16H2,2-3H3. The van der Waals surface area contributed by atoms with Crippen LogP contribution < -0.4 is 14.9 Å². The molecule has 2 heterocycles. The van der Waals surface area contributed by atoms with Crippen molar-refractivity contribution in [1.82, 2.24) is 4.90 Å². The van der Waals surface area contributed by atoms with Crippen LogP contribution in [0.3, 0.4) is 0 Å². The van der Waals surface area contributed by atoms with Crippen molar-refractivity contribution in [2.45, 2.75) is 19.5 Å². The highest BCUT2D eigenvalue weighted by Gasteiger charge is 2.43. The van der Waals surface area contributed by atoms with Crippen LogP contribution in [-0.2, 0) is 6.54 Å². The van der Waals surface area contributed by atoms with Gasteiger partial charge in [0, 0.05) is 11.6 Å². The normalized spacial score (nSPS) is 14.7. The zero-order valence-electron chi connectivity index (χ0n) is 19.9. The molecule has 182 valence electrons. The van der Waals surface area contributed by atoms with Crippen LogP contribution in [0.1, 0.15) is 38.9 Å². The van der Waals surface area contributed by atoms with Gasteiger partial charge in [0.25, 0.3) is 5.91 Å². The third kappa shape index (κ3) is 4.03. The summed E-state index contributed by atoms with van der Waals surface area (Å²) in [6.07, 6.45) is 1.64. The average Bonchev–Trinajstić information content (AvgIpc) is 3.16. The lowest BCUT2D eigenvalue weighted by molar-refractivity contribution is 0.0714. The van der Waals surface area contributed by atoms with Gasteiger partial charge < -0.3 is 18.8 Å². The van der Waals surface area contributed by atoms with Crippen molar-refractivity contribution in [3.8, 4) is 11.5 Å². The van der Waals surface area contributed by atoms with Gasteiger partial charge in [-0.05, 0) is 47.9 Å². The molecular formula is C29H24ClNO5. The third-order valence-corrected chi connectivity index (χ3v) is 6.71. The highest BCUT2D eigenvalue weighted by molar-refractivity contribution is 6.32. The van der Waals surface area contributed by atoms with Crippen LogP contribution in [0.2, 0.25) is 5.02 Å². The van der Waals surface area contributed by atoms with Crippen molar-refractivity contribution in [1.29, 1.82) is 0 Å². The third-order valence-electron chi connectivity index (χ3n) is 6.30. The second-order valence-corrected chi connectivity index (χ2v) is 9.01. The summed E-state index contributed by atoms with van der Waals surface area (Å²) in [5, 5.41) is 0.795. The Balaban J connectivity index is 1.71. The number of hydrogen-bond acceptors (Lipinski definition) is 5. The molecule has 0 bridgehead atoms. The van der Waals surface area contributed by atoms with Gasteiger partial charge in [-0.1, -0.05) is 60.7 Å². The number of amides is 1. The molecule has 36 heavy (non-hydrogen) atoms. The molecule has 0 saturated heterocycles. The first-order chi connectivity index (χ1) is 17.4.